The molecule has 8 nitrogen and oxygen atoms in total. The number of benzene rings is 1. The summed E-state index contributed by atoms with van der Waals surface area (Å²) in [5.74, 6) is 1.81. The molecule has 1 spiro atoms. The predicted octanol–water partition coefficient (Wildman–Crippen LogP) is 2.22. The summed E-state index contributed by atoms with van der Waals surface area (Å²) in [6, 6.07) is 11.4. The van der Waals surface area contributed by atoms with Gasteiger partial charge in [-0.2, -0.15) is 0 Å². The van der Waals surface area contributed by atoms with E-state index in [1.54, 1.807) is 12.3 Å². The molecule has 9 heteroatoms. The second-order valence-electron chi connectivity index (χ2n) is 8.93. The molecule has 2 aromatic heterocycles. The van der Waals surface area contributed by atoms with Crippen LogP contribution in [0.2, 0.25) is 5.02 Å². The Balaban J connectivity index is 1.21. The van der Waals surface area contributed by atoms with Crippen LogP contribution in [0.4, 0.5) is 5.95 Å². The van der Waals surface area contributed by atoms with E-state index in [2.05, 4.69) is 42.7 Å². The topological polar surface area (TPSA) is 70.4 Å². The van der Waals surface area contributed by atoms with Crippen molar-refractivity contribution in [3.05, 3.63) is 64.7 Å². The summed E-state index contributed by atoms with van der Waals surface area (Å²) in [7, 11) is 2.08. The smallest absolute Gasteiger partial charge is 0.272 e. The largest absolute Gasteiger partial charge is 0.339 e. The molecule has 158 valence electrons. The lowest BCUT2D eigenvalue weighted by Gasteiger charge is -2.60. The Kier molecular flexibility index (Phi) is 4.10. The van der Waals surface area contributed by atoms with Gasteiger partial charge in [-0.15, -0.1) is 10.2 Å². The van der Waals surface area contributed by atoms with E-state index >= 15 is 0 Å². The first-order chi connectivity index (χ1) is 15.0. The number of pyridine rings is 1. The van der Waals surface area contributed by atoms with Crippen LogP contribution in [0.15, 0.2) is 42.6 Å². The number of nitrogens with zero attached hydrogens (tertiary/aromatic N) is 7. The predicted molar refractivity (Wildman–Crippen MR) is 116 cm³/mol. The van der Waals surface area contributed by atoms with E-state index in [4.69, 9.17) is 11.6 Å². The summed E-state index contributed by atoms with van der Waals surface area (Å²) in [5, 5.41) is 9.76. The number of amides is 1. The van der Waals surface area contributed by atoms with Gasteiger partial charge in [0.2, 0.25) is 5.95 Å². The number of anilines is 1. The van der Waals surface area contributed by atoms with Crippen molar-refractivity contribution in [1.29, 1.82) is 0 Å². The number of aromatic nitrogens is 4. The highest BCUT2D eigenvalue weighted by atomic mass is 35.5. The number of halogens is 1. The molecule has 3 aromatic rings. The summed E-state index contributed by atoms with van der Waals surface area (Å²) in [5.41, 5.74) is 2.91. The Labute approximate surface area is 185 Å². The lowest BCUT2D eigenvalue weighted by Crippen LogP contribution is -2.73. The highest BCUT2D eigenvalue weighted by Crippen LogP contribution is 2.43. The Morgan fingerprint density at radius 1 is 1.06 bits per heavy atom. The molecule has 1 aromatic carbocycles. The second-order valence-corrected chi connectivity index (χ2v) is 9.37. The maximum absolute atomic E-state index is 12.6. The number of carbonyl (C=O) groups excluding carboxylic acids is 1. The molecule has 2 fully saturated rings. The fourth-order valence-corrected chi connectivity index (χ4v) is 5.21. The fraction of sp³-hybridized carbons (Fsp3) is 0.364. The molecule has 0 radical (unpaired) electrons. The lowest BCUT2D eigenvalue weighted by molar-refractivity contribution is -0.0115. The molecule has 0 atom stereocenters. The van der Waals surface area contributed by atoms with Gasteiger partial charge in [-0.05, 0) is 42.9 Å². The minimum absolute atomic E-state index is 0.00913. The lowest BCUT2D eigenvalue weighted by atomic mass is 9.73. The standard InChI is InChI=1S/C22H22ClN7O/c1-27-9-15-8-16(23)5-6-18(15)30-19(10-27)25-26-21(30)29-13-22(14-29)11-28(12-22)20(31)17-4-2-3-7-24-17/h2-8H,9-14H2,1H3. The van der Waals surface area contributed by atoms with Crippen LogP contribution in [-0.4, -0.2) is 68.7 Å². The van der Waals surface area contributed by atoms with Gasteiger partial charge >= 0.3 is 0 Å². The van der Waals surface area contributed by atoms with Crippen molar-refractivity contribution >= 4 is 23.5 Å². The summed E-state index contributed by atoms with van der Waals surface area (Å²) in [4.78, 5) is 23.2. The molecule has 6 rings (SSSR count). The van der Waals surface area contributed by atoms with Crippen molar-refractivity contribution in [2.24, 2.45) is 5.41 Å². The van der Waals surface area contributed by atoms with E-state index in [9.17, 15) is 4.79 Å². The zero-order valence-corrected chi connectivity index (χ0v) is 18.0. The van der Waals surface area contributed by atoms with Crippen molar-refractivity contribution in [2.45, 2.75) is 13.1 Å². The zero-order chi connectivity index (χ0) is 21.2. The third kappa shape index (κ3) is 3.01. The minimum atomic E-state index is 0.00913. The highest BCUT2D eigenvalue weighted by molar-refractivity contribution is 6.30. The number of hydrogen-bond donors (Lipinski definition) is 0. The summed E-state index contributed by atoms with van der Waals surface area (Å²) >= 11 is 6.26. The SMILES string of the molecule is CN1Cc2cc(Cl)ccc2-n2c(nnc2N2CC3(CN(C(=O)c4ccccn4)C3)C2)C1. The molecule has 0 aliphatic carbocycles. The van der Waals surface area contributed by atoms with E-state index in [-0.39, 0.29) is 11.3 Å². The second kappa shape index (κ2) is 6.77. The molecule has 0 unspecified atom stereocenters. The zero-order valence-electron chi connectivity index (χ0n) is 17.2. The van der Waals surface area contributed by atoms with E-state index in [1.165, 1.54) is 5.56 Å². The minimum Gasteiger partial charge on any atom is -0.339 e. The maximum atomic E-state index is 12.6. The van der Waals surface area contributed by atoms with Gasteiger partial charge in [0.25, 0.3) is 5.91 Å². The molecule has 3 aliphatic heterocycles. The van der Waals surface area contributed by atoms with Crippen molar-refractivity contribution < 1.29 is 4.79 Å². The number of likely N-dealkylation sites (tertiary alicyclic amines) is 1. The third-order valence-corrected chi connectivity index (χ3v) is 6.64. The van der Waals surface area contributed by atoms with E-state index in [0.717, 1.165) is 61.8 Å². The Bertz CT molecular complexity index is 1160. The summed E-state index contributed by atoms with van der Waals surface area (Å²) in [6.07, 6.45) is 1.66. The molecule has 31 heavy (non-hydrogen) atoms. The van der Waals surface area contributed by atoms with E-state index in [1.807, 2.05) is 29.2 Å². The van der Waals surface area contributed by atoms with E-state index in [0.29, 0.717) is 5.69 Å². The molecular formula is C22H22ClN7O. The maximum Gasteiger partial charge on any atom is 0.272 e. The van der Waals surface area contributed by atoms with E-state index < -0.39 is 0 Å². The highest BCUT2D eigenvalue weighted by Gasteiger charge is 2.54. The van der Waals surface area contributed by atoms with Crippen LogP contribution in [0.25, 0.3) is 5.69 Å². The molecule has 3 aliphatic rings. The third-order valence-electron chi connectivity index (χ3n) is 6.41. The van der Waals surface area contributed by atoms with Crippen LogP contribution < -0.4 is 4.90 Å². The Morgan fingerprint density at radius 2 is 1.90 bits per heavy atom. The van der Waals surface area contributed by atoms with Crippen LogP contribution in [0.3, 0.4) is 0 Å². The van der Waals surface area contributed by atoms with Gasteiger partial charge in [0.15, 0.2) is 5.82 Å². The number of hydrogen-bond acceptors (Lipinski definition) is 6. The first-order valence-electron chi connectivity index (χ1n) is 10.4. The average Bonchev–Trinajstić information content (AvgIpc) is 3.03. The van der Waals surface area contributed by atoms with Crippen molar-refractivity contribution in [1.82, 2.24) is 29.5 Å². The molecule has 5 heterocycles. The molecule has 0 bridgehead atoms. The molecule has 1 amide bonds. The summed E-state index contributed by atoms with van der Waals surface area (Å²) in [6.45, 7) is 4.80. The monoisotopic (exact) mass is 435 g/mol. The molecule has 0 N–H and O–H groups in total. The number of fused-ring (bicyclic) bond motifs is 3. The van der Waals surface area contributed by atoms with Crippen LogP contribution >= 0.6 is 11.6 Å². The quantitative estimate of drug-likeness (QED) is 0.614. The molecule has 2 saturated heterocycles. The average molecular weight is 436 g/mol. The Morgan fingerprint density at radius 3 is 2.68 bits per heavy atom. The number of carbonyl (C=O) groups is 1. The van der Waals surface area contributed by atoms with Gasteiger partial charge in [0, 0.05) is 49.4 Å². The molecular weight excluding hydrogens is 414 g/mol. The van der Waals surface area contributed by atoms with Gasteiger partial charge in [-0.1, -0.05) is 17.7 Å². The van der Waals surface area contributed by atoms with Crippen molar-refractivity contribution in [3.8, 4) is 5.69 Å². The van der Waals surface area contributed by atoms with Gasteiger partial charge in [-0.3, -0.25) is 19.2 Å². The summed E-state index contributed by atoms with van der Waals surface area (Å²) < 4.78 is 2.16. The fourth-order valence-electron chi connectivity index (χ4n) is 5.01. The normalized spacial score (nSPS) is 19.3. The Hall–Kier alpha value is -2.97. The van der Waals surface area contributed by atoms with Crippen LogP contribution in [0.5, 0.6) is 0 Å². The number of rotatable bonds is 2. The van der Waals surface area contributed by atoms with Gasteiger partial charge in [0.1, 0.15) is 5.69 Å². The van der Waals surface area contributed by atoms with Gasteiger partial charge in [0.05, 0.1) is 12.2 Å². The first kappa shape index (κ1) is 18.8. The van der Waals surface area contributed by atoms with Crippen LogP contribution in [0.1, 0.15) is 21.9 Å². The van der Waals surface area contributed by atoms with Crippen LogP contribution in [0, 0.1) is 5.41 Å². The molecule has 0 saturated carbocycles. The van der Waals surface area contributed by atoms with Crippen molar-refractivity contribution in [2.75, 3.05) is 38.1 Å². The van der Waals surface area contributed by atoms with Gasteiger partial charge in [-0.25, -0.2) is 0 Å². The van der Waals surface area contributed by atoms with Crippen LogP contribution in [-0.2, 0) is 13.1 Å². The van der Waals surface area contributed by atoms with Crippen molar-refractivity contribution in [3.63, 3.8) is 0 Å². The first-order valence-corrected chi connectivity index (χ1v) is 10.8. The van der Waals surface area contributed by atoms with Gasteiger partial charge < -0.3 is 9.80 Å².